The molecule has 0 bridgehead atoms. The molecular weight excluding hydrogens is 228 g/mol. The summed E-state index contributed by atoms with van der Waals surface area (Å²) in [5.41, 5.74) is 3.74. The maximum Gasteiger partial charge on any atom is 0.237 e. The number of hydrogen-bond acceptors (Lipinski definition) is 6. The highest BCUT2D eigenvalue weighted by atomic mass is 15.3. The molecule has 0 aliphatic rings. The predicted octanol–water partition coefficient (Wildman–Crippen LogP) is 1.55. The summed E-state index contributed by atoms with van der Waals surface area (Å²) in [6, 6.07) is 10.0. The Kier molecular flexibility index (Phi) is 4.00. The Hall–Kier alpha value is -3.35. The molecular formula is C12H6N6. The first kappa shape index (κ1) is 12.7. The summed E-state index contributed by atoms with van der Waals surface area (Å²) in [6.45, 7) is 1.69. The molecule has 0 aromatic heterocycles. The molecule has 0 fully saturated rings. The number of benzene rings is 1. The second kappa shape index (κ2) is 5.66. The molecule has 0 aliphatic carbocycles. The zero-order valence-corrected chi connectivity index (χ0v) is 9.39. The number of aryl methyl sites for hydroxylation is 1. The van der Waals surface area contributed by atoms with Crippen molar-refractivity contribution >= 4 is 11.4 Å². The van der Waals surface area contributed by atoms with Gasteiger partial charge in [-0.15, -0.1) is 0 Å². The molecule has 84 valence electrons. The summed E-state index contributed by atoms with van der Waals surface area (Å²) in [5, 5.41) is 38.4. The van der Waals surface area contributed by atoms with Crippen LogP contribution in [0.3, 0.4) is 0 Å². The van der Waals surface area contributed by atoms with Gasteiger partial charge in [0, 0.05) is 0 Å². The fourth-order valence-electron chi connectivity index (χ4n) is 1.28. The van der Waals surface area contributed by atoms with E-state index in [1.165, 1.54) is 6.07 Å². The maximum atomic E-state index is 8.96. The topological polar surface area (TPSA) is 120 Å². The van der Waals surface area contributed by atoms with Crippen molar-refractivity contribution in [1.29, 1.82) is 21.0 Å². The quantitative estimate of drug-likeness (QED) is 0.614. The van der Waals surface area contributed by atoms with Gasteiger partial charge in [0.1, 0.15) is 18.2 Å². The Bertz CT molecular complexity index is 657. The molecule has 1 N–H and O–H groups in total. The molecule has 18 heavy (non-hydrogen) atoms. The Morgan fingerprint density at radius 1 is 1.11 bits per heavy atom. The SMILES string of the molecule is Cc1cc(C#N)cc(C#N)c1NN=C(C#N)C#N. The van der Waals surface area contributed by atoms with E-state index in [4.69, 9.17) is 21.0 Å². The van der Waals surface area contributed by atoms with E-state index in [-0.39, 0.29) is 11.3 Å². The van der Waals surface area contributed by atoms with Crippen LogP contribution in [0.1, 0.15) is 16.7 Å². The number of nitrogens with zero attached hydrogens (tertiary/aromatic N) is 5. The number of hydrogen-bond donors (Lipinski definition) is 1. The number of rotatable bonds is 2. The van der Waals surface area contributed by atoms with Crippen LogP contribution in [0.25, 0.3) is 0 Å². The van der Waals surface area contributed by atoms with Gasteiger partial charge in [0.25, 0.3) is 0 Å². The van der Waals surface area contributed by atoms with Crippen molar-refractivity contribution in [2.75, 3.05) is 5.43 Å². The Morgan fingerprint density at radius 3 is 2.28 bits per heavy atom. The minimum Gasteiger partial charge on any atom is -0.275 e. The van der Waals surface area contributed by atoms with Gasteiger partial charge in [-0.2, -0.15) is 26.1 Å². The van der Waals surface area contributed by atoms with Crippen LogP contribution in [-0.4, -0.2) is 5.71 Å². The third-order valence-electron chi connectivity index (χ3n) is 2.08. The van der Waals surface area contributed by atoms with E-state index < -0.39 is 0 Å². The Morgan fingerprint density at radius 2 is 1.78 bits per heavy atom. The lowest BCUT2D eigenvalue weighted by molar-refractivity contribution is 1.28. The number of nitriles is 4. The molecule has 0 radical (unpaired) electrons. The number of hydrazone groups is 1. The van der Waals surface area contributed by atoms with Crippen molar-refractivity contribution < 1.29 is 0 Å². The largest absolute Gasteiger partial charge is 0.275 e. The number of nitrogens with one attached hydrogen (secondary N) is 1. The average molecular weight is 234 g/mol. The zero-order valence-electron chi connectivity index (χ0n) is 9.39. The van der Waals surface area contributed by atoms with Crippen molar-refractivity contribution in [1.82, 2.24) is 0 Å². The highest BCUT2D eigenvalue weighted by molar-refractivity contribution is 6.10. The summed E-state index contributed by atoms with van der Waals surface area (Å²) in [5.74, 6) is 0. The van der Waals surface area contributed by atoms with Gasteiger partial charge in [-0.25, -0.2) is 0 Å². The molecule has 1 aromatic rings. The molecule has 0 atom stereocenters. The highest BCUT2D eigenvalue weighted by Crippen LogP contribution is 2.22. The lowest BCUT2D eigenvalue weighted by Gasteiger charge is -2.07. The Balaban J connectivity index is 3.25. The van der Waals surface area contributed by atoms with Crippen molar-refractivity contribution in [2.24, 2.45) is 5.10 Å². The van der Waals surface area contributed by atoms with Gasteiger partial charge in [0.15, 0.2) is 0 Å². The van der Waals surface area contributed by atoms with Crippen molar-refractivity contribution in [3.8, 4) is 24.3 Å². The van der Waals surface area contributed by atoms with Crippen LogP contribution >= 0.6 is 0 Å². The monoisotopic (exact) mass is 234 g/mol. The molecule has 0 amide bonds. The van der Waals surface area contributed by atoms with Gasteiger partial charge in [-0.3, -0.25) is 5.43 Å². The zero-order chi connectivity index (χ0) is 13.5. The van der Waals surface area contributed by atoms with E-state index in [0.29, 0.717) is 16.8 Å². The van der Waals surface area contributed by atoms with Crippen LogP contribution in [0.4, 0.5) is 5.69 Å². The summed E-state index contributed by atoms with van der Waals surface area (Å²) in [6.07, 6.45) is 0. The second-order valence-corrected chi connectivity index (χ2v) is 3.24. The molecule has 6 nitrogen and oxygen atoms in total. The fraction of sp³-hybridized carbons (Fsp3) is 0.0833. The maximum absolute atomic E-state index is 8.96. The first-order valence-electron chi connectivity index (χ1n) is 4.75. The molecule has 0 spiro atoms. The van der Waals surface area contributed by atoms with Gasteiger partial charge in [0.05, 0.1) is 22.9 Å². The molecule has 0 unspecified atom stereocenters. The van der Waals surface area contributed by atoms with Gasteiger partial charge in [-0.05, 0) is 24.6 Å². The van der Waals surface area contributed by atoms with Crippen LogP contribution in [0, 0.1) is 52.2 Å². The standard InChI is InChI=1S/C12H6N6/c1-8-2-9(4-13)3-10(5-14)12(8)18-17-11(6-15)7-16/h2-3,18H,1H3. The summed E-state index contributed by atoms with van der Waals surface area (Å²) >= 11 is 0. The van der Waals surface area contributed by atoms with E-state index in [1.54, 1.807) is 25.1 Å². The predicted molar refractivity (Wildman–Crippen MR) is 62.9 cm³/mol. The third kappa shape index (κ3) is 2.61. The van der Waals surface area contributed by atoms with Crippen LogP contribution in [0.15, 0.2) is 17.2 Å². The van der Waals surface area contributed by atoms with Crippen molar-refractivity contribution in [3.05, 3.63) is 28.8 Å². The molecule has 1 aromatic carbocycles. The van der Waals surface area contributed by atoms with Crippen molar-refractivity contribution in [2.45, 2.75) is 6.92 Å². The lowest BCUT2D eigenvalue weighted by Crippen LogP contribution is -2.00. The smallest absolute Gasteiger partial charge is 0.237 e. The van der Waals surface area contributed by atoms with Crippen LogP contribution in [0.5, 0.6) is 0 Å². The van der Waals surface area contributed by atoms with E-state index >= 15 is 0 Å². The van der Waals surface area contributed by atoms with E-state index in [1.807, 2.05) is 12.1 Å². The molecule has 1 rings (SSSR count). The Labute approximate surface area is 104 Å². The van der Waals surface area contributed by atoms with Crippen molar-refractivity contribution in [3.63, 3.8) is 0 Å². The molecule has 6 heteroatoms. The van der Waals surface area contributed by atoms with Crippen LogP contribution in [-0.2, 0) is 0 Å². The average Bonchev–Trinajstić information content (AvgIpc) is 2.40. The fourth-order valence-corrected chi connectivity index (χ4v) is 1.28. The van der Waals surface area contributed by atoms with E-state index in [9.17, 15) is 0 Å². The van der Waals surface area contributed by atoms with Gasteiger partial charge in [0.2, 0.25) is 5.71 Å². The number of anilines is 1. The summed E-state index contributed by atoms with van der Waals surface area (Å²) < 4.78 is 0. The summed E-state index contributed by atoms with van der Waals surface area (Å²) in [4.78, 5) is 0. The minimum atomic E-state index is -0.345. The normalized spacial score (nSPS) is 8.06. The molecule has 0 heterocycles. The minimum absolute atomic E-state index is 0.227. The van der Waals surface area contributed by atoms with E-state index in [2.05, 4.69) is 10.5 Å². The summed E-state index contributed by atoms with van der Waals surface area (Å²) in [7, 11) is 0. The van der Waals surface area contributed by atoms with E-state index in [0.717, 1.165) is 0 Å². The first-order valence-corrected chi connectivity index (χ1v) is 4.75. The molecule has 0 aliphatic heterocycles. The van der Waals surface area contributed by atoms with Gasteiger partial charge in [-0.1, -0.05) is 0 Å². The highest BCUT2D eigenvalue weighted by Gasteiger charge is 2.08. The second-order valence-electron chi connectivity index (χ2n) is 3.24. The first-order chi connectivity index (χ1) is 8.65. The molecule has 0 saturated heterocycles. The third-order valence-corrected chi connectivity index (χ3v) is 2.08. The molecule has 0 saturated carbocycles. The van der Waals surface area contributed by atoms with Crippen LogP contribution in [0.2, 0.25) is 0 Å². The van der Waals surface area contributed by atoms with Crippen LogP contribution < -0.4 is 5.43 Å². The van der Waals surface area contributed by atoms with Gasteiger partial charge >= 0.3 is 0 Å². The van der Waals surface area contributed by atoms with Gasteiger partial charge < -0.3 is 0 Å². The lowest BCUT2D eigenvalue weighted by atomic mass is 10.1.